The zero-order chi connectivity index (χ0) is 9.38. The third-order valence-corrected chi connectivity index (χ3v) is 2.35. The number of rotatable bonds is 1. The number of aromatic nitrogens is 3. The van der Waals surface area contributed by atoms with E-state index in [1.165, 1.54) is 0 Å². The van der Waals surface area contributed by atoms with Gasteiger partial charge in [-0.15, -0.1) is 0 Å². The average molecular weight is 183 g/mol. The average Bonchev–Trinajstić information content (AvgIpc) is 2.78. The van der Waals surface area contributed by atoms with Crippen molar-refractivity contribution in [3.63, 3.8) is 0 Å². The van der Waals surface area contributed by atoms with E-state index in [0.717, 1.165) is 23.6 Å². The molecular formula is C11H9N3. The lowest BCUT2D eigenvalue weighted by molar-refractivity contribution is 0.837. The Labute approximate surface area is 81.7 Å². The second-order valence-electron chi connectivity index (χ2n) is 3.27. The standard InChI is InChI=1S/C11H9N3/c1-2-11-13-10(8-14(11)7-1)9-3-5-12-6-4-9/h1-6,8H,7H2. The predicted octanol–water partition coefficient (Wildman–Crippen LogP) is 1.97. The third-order valence-electron chi connectivity index (χ3n) is 2.35. The molecule has 0 radical (unpaired) electrons. The van der Waals surface area contributed by atoms with Gasteiger partial charge in [0, 0.05) is 30.7 Å². The van der Waals surface area contributed by atoms with Gasteiger partial charge < -0.3 is 4.57 Å². The van der Waals surface area contributed by atoms with Crippen LogP contribution in [0.5, 0.6) is 0 Å². The van der Waals surface area contributed by atoms with Crippen molar-refractivity contribution < 1.29 is 0 Å². The fourth-order valence-electron chi connectivity index (χ4n) is 1.64. The molecule has 3 nitrogen and oxygen atoms in total. The highest BCUT2D eigenvalue weighted by Gasteiger charge is 2.09. The van der Waals surface area contributed by atoms with Crippen molar-refractivity contribution in [3.8, 4) is 11.3 Å². The lowest BCUT2D eigenvalue weighted by atomic mass is 10.2. The Bertz CT molecular complexity index is 482. The molecule has 68 valence electrons. The van der Waals surface area contributed by atoms with E-state index < -0.39 is 0 Å². The van der Waals surface area contributed by atoms with Crippen LogP contribution in [0.25, 0.3) is 17.3 Å². The molecule has 0 saturated heterocycles. The summed E-state index contributed by atoms with van der Waals surface area (Å²) in [6.07, 6.45) is 9.80. The second kappa shape index (κ2) is 2.80. The number of imidazole rings is 1. The number of fused-ring (bicyclic) bond motifs is 1. The van der Waals surface area contributed by atoms with Crippen LogP contribution in [0.15, 0.2) is 36.8 Å². The molecule has 0 spiro atoms. The van der Waals surface area contributed by atoms with E-state index >= 15 is 0 Å². The van der Waals surface area contributed by atoms with Gasteiger partial charge in [0.25, 0.3) is 0 Å². The Hall–Kier alpha value is -1.90. The van der Waals surface area contributed by atoms with Crippen molar-refractivity contribution in [2.24, 2.45) is 0 Å². The van der Waals surface area contributed by atoms with Gasteiger partial charge in [0.1, 0.15) is 5.82 Å². The van der Waals surface area contributed by atoms with Gasteiger partial charge in [-0.05, 0) is 18.2 Å². The Morgan fingerprint density at radius 3 is 2.86 bits per heavy atom. The SMILES string of the molecule is C1=Cc2nc(-c3ccncc3)cn2C1. The summed E-state index contributed by atoms with van der Waals surface area (Å²) in [5, 5.41) is 0. The Morgan fingerprint density at radius 2 is 2.07 bits per heavy atom. The summed E-state index contributed by atoms with van der Waals surface area (Å²) in [7, 11) is 0. The molecule has 0 saturated carbocycles. The minimum atomic E-state index is 0.938. The smallest absolute Gasteiger partial charge is 0.133 e. The highest BCUT2D eigenvalue weighted by molar-refractivity contribution is 5.61. The first-order valence-electron chi connectivity index (χ1n) is 4.57. The van der Waals surface area contributed by atoms with E-state index in [1.807, 2.05) is 18.2 Å². The van der Waals surface area contributed by atoms with Gasteiger partial charge in [-0.1, -0.05) is 6.08 Å². The second-order valence-corrected chi connectivity index (χ2v) is 3.27. The highest BCUT2D eigenvalue weighted by Crippen LogP contribution is 2.20. The minimum Gasteiger partial charge on any atom is -0.327 e. The van der Waals surface area contributed by atoms with Gasteiger partial charge >= 0.3 is 0 Å². The van der Waals surface area contributed by atoms with Gasteiger partial charge in [-0.2, -0.15) is 0 Å². The lowest BCUT2D eigenvalue weighted by Crippen LogP contribution is -1.88. The summed E-state index contributed by atoms with van der Waals surface area (Å²) < 4.78 is 2.13. The van der Waals surface area contributed by atoms with Crippen molar-refractivity contribution >= 4 is 6.08 Å². The first-order chi connectivity index (χ1) is 6.93. The molecule has 0 atom stereocenters. The topological polar surface area (TPSA) is 30.7 Å². The zero-order valence-electron chi connectivity index (χ0n) is 7.59. The largest absolute Gasteiger partial charge is 0.327 e. The van der Waals surface area contributed by atoms with Crippen LogP contribution in [0.1, 0.15) is 5.82 Å². The normalized spacial score (nSPS) is 13.1. The summed E-state index contributed by atoms with van der Waals surface area (Å²) >= 11 is 0. The van der Waals surface area contributed by atoms with Crippen LogP contribution >= 0.6 is 0 Å². The van der Waals surface area contributed by atoms with Crippen LogP contribution in [-0.4, -0.2) is 14.5 Å². The monoisotopic (exact) mass is 183 g/mol. The van der Waals surface area contributed by atoms with E-state index in [-0.39, 0.29) is 0 Å². The molecule has 0 N–H and O–H groups in total. The first-order valence-corrected chi connectivity index (χ1v) is 4.57. The molecule has 0 aliphatic carbocycles. The van der Waals surface area contributed by atoms with E-state index in [9.17, 15) is 0 Å². The van der Waals surface area contributed by atoms with Crippen LogP contribution in [0.3, 0.4) is 0 Å². The molecule has 0 fully saturated rings. The number of nitrogens with zero attached hydrogens (tertiary/aromatic N) is 3. The zero-order valence-corrected chi connectivity index (χ0v) is 7.59. The summed E-state index contributed by atoms with van der Waals surface area (Å²) in [6.45, 7) is 0.938. The van der Waals surface area contributed by atoms with Crippen molar-refractivity contribution in [1.29, 1.82) is 0 Å². The van der Waals surface area contributed by atoms with Crippen LogP contribution in [0.4, 0.5) is 0 Å². The van der Waals surface area contributed by atoms with Gasteiger partial charge in [-0.25, -0.2) is 4.98 Å². The van der Waals surface area contributed by atoms with Crippen LogP contribution in [0, 0.1) is 0 Å². The molecule has 3 heteroatoms. The van der Waals surface area contributed by atoms with Crippen LogP contribution in [0.2, 0.25) is 0 Å². The molecule has 14 heavy (non-hydrogen) atoms. The maximum atomic E-state index is 4.51. The fourth-order valence-corrected chi connectivity index (χ4v) is 1.64. The van der Waals surface area contributed by atoms with Crippen molar-refractivity contribution in [3.05, 3.63) is 42.6 Å². The van der Waals surface area contributed by atoms with E-state index in [2.05, 4.69) is 26.8 Å². The molecule has 2 aromatic heterocycles. The van der Waals surface area contributed by atoms with E-state index in [1.54, 1.807) is 12.4 Å². The Morgan fingerprint density at radius 1 is 1.21 bits per heavy atom. The quantitative estimate of drug-likeness (QED) is 0.676. The summed E-state index contributed by atoms with van der Waals surface area (Å²) in [6, 6.07) is 3.95. The molecule has 0 bridgehead atoms. The lowest BCUT2D eigenvalue weighted by Gasteiger charge is -1.93. The van der Waals surface area contributed by atoms with Crippen LogP contribution < -0.4 is 0 Å². The number of hydrogen-bond acceptors (Lipinski definition) is 2. The van der Waals surface area contributed by atoms with Gasteiger partial charge in [0.2, 0.25) is 0 Å². The molecular weight excluding hydrogens is 174 g/mol. The van der Waals surface area contributed by atoms with E-state index in [4.69, 9.17) is 0 Å². The molecule has 1 aliphatic rings. The number of pyridine rings is 1. The summed E-state index contributed by atoms with van der Waals surface area (Å²) in [5.74, 6) is 1.04. The summed E-state index contributed by atoms with van der Waals surface area (Å²) in [4.78, 5) is 8.50. The number of hydrogen-bond donors (Lipinski definition) is 0. The minimum absolute atomic E-state index is 0.938. The van der Waals surface area contributed by atoms with E-state index in [0.29, 0.717) is 0 Å². The summed E-state index contributed by atoms with van der Waals surface area (Å²) in [5.41, 5.74) is 2.14. The molecule has 3 heterocycles. The molecule has 1 aliphatic heterocycles. The fraction of sp³-hybridized carbons (Fsp3) is 0.0909. The predicted molar refractivity (Wildman–Crippen MR) is 54.5 cm³/mol. The highest BCUT2D eigenvalue weighted by atomic mass is 15.1. The van der Waals surface area contributed by atoms with Gasteiger partial charge in [0.15, 0.2) is 0 Å². The van der Waals surface area contributed by atoms with Crippen molar-refractivity contribution in [2.45, 2.75) is 6.54 Å². The van der Waals surface area contributed by atoms with Gasteiger partial charge in [0.05, 0.1) is 5.69 Å². The first kappa shape index (κ1) is 7.50. The number of allylic oxidation sites excluding steroid dienone is 1. The maximum Gasteiger partial charge on any atom is 0.133 e. The maximum absolute atomic E-state index is 4.51. The third kappa shape index (κ3) is 1.06. The Balaban J connectivity index is 2.10. The molecule has 2 aromatic rings. The van der Waals surface area contributed by atoms with Crippen molar-refractivity contribution in [1.82, 2.24) is 14.5 Å². The molecule has 0 aromatic carbocycles. The van der Waals surface area contributed by atoms with Crippen LogP contribution in [-0.2, 0) is 6.54 Å². The Kier molecular flexibility index (Phi) is 1.50. The molecule has 0 unspecified atom stereocenters. The van der Waals surface area contributed by atoms with Gasteiger partial charge in [-0.3, -0.25) is 4.98 Å². The molecule has 3 rings (SSSR count). The molecule has 0 amide bonds. The van der Waals surface area contributed by atoms with Crippen molar-refractivity contribution in [2.75, 3.05) is 0 Å².